The molecule has 0 unspecified atom stereocenters. The van der Waals surface area contributed by atoms with Gasteiger partial charge in [0.2, 0.25) is 5.91 Å². The standard InChI is InChI=1S/C16H24N2OS/c1-2-20-15-6-4-3-5-14(15)18-11-12-7-9-13(10-8-12)16(17)19/h7-10,14-15,18H,2-6,11H2,1H3,(H2,17,19)/t14-,15+/m0/s1. The van der Waals surface area contributed by atoms with Crippen LogP contribution in [0.15, 0.2) is 24.3 Å². The van der Waals surface area contributed by atoms with Crippen molar-refractivity contribution in [2.45, 2.75) is 50.4 Å². The number of nitrogens with two attached hydrogens (primary N) is 1. The zero-order chi connectivity index (χ0) is 14.4. The van der Waals surface area contributed by atoms with Gasteiger partial charge < -0.3 is 11.1 Å². The van der Waals surface area contributed by atoms with Crippen molar-refractivity contribution in [3.63, 3.8) is 0 Å². The van der Waals surface area contributed by atoms with Gasteiger partial charge >= 0.3 is 0 Å². The highest BCUT2D eigenvalue weighted by molar-refractivity contribution is 7.99. The summed E-state index contributed by atoms with van der Waals surface area (Å²) >= 11 is 2.08. The van der Waals surface area contributed by atoms with Gasteiger partial charge in [-0.05, 0) is 36.3 Å². The maximum absolute atomic E-state index is 11.0. The smallest absolute Gasteiger partial charge is 0.248 e. The van der Waals surface area contributed by atoms with E-state index in [-0.39, 0.29) is 5.91 Å². The minimum absolute atomic E-state index is 0.365. The van der Waals surface area contributed by atoms with Crippen LogP contribution in [0.25, 0.3) is 0 Å². The van der Waals surface area contributed by atoms with Gasteiger partial charge in [0, 0.05) is 23.4 Å². The van der Waals surface area contributed by atoms with E-state index >= 15 is 0 Å². The molecule has 1 saturated carbocycles. The molecule has 0 spiro atoms. The van der Waals surface area contributed by atoms with Crippen LogP contribution < -0.4 is 11.1 Å². The lowest BCUT2D eigenvalue weighted by molar-refractivity contribution is 0.100. The van der Waals surface area contributed by atoms with Gasteiger partial charge in [0.15, 0.2) is 0 Å². The van der Waals surface area contributed by atoms with Crippen LogP contribution in [0, 0.1) is 0 Å². The van der Waals surface area contributed by atoms with Crippen molar-refractivity contribution in [2.24, 2.45) is 5.73 Å². The minimum Gasteiger partial charge on any atom is -0.366 e. The summed E-state index contributed by atoms with van der Waals surface area (Å²) in [6.07, 6.45) is 5.30. The van der Waals surface area contributed by atoms with E-state index in [2.05, 4.69) is 24.0 Å². The quantitative estimate of drug-likeness (QED) is 0.847. The molecule has 1 amide bonds. The number of benzene rings is 1. The van der Waals surface area contributed by atoms with Crippen molar-refractivity contribution in [2.75, 3.05) is 5.75 Å². The SMILES string of the molecule is CCS[C@@H]1CCCC[C@@H]1NCc1ccc(C(N)=O)cc1. The van der Waals surface area contributed by atoms with Gasteiger partial charge in [0.05, 0.1) is 0 Å². The lowest BCUT2D eigenvalue weighted by Gasteiger charge is -2.31. The van der Waals surface area contributed by atoms with Crippen LogP contribution >= 0.6 is 11.8 Å². The lowest BCUT2D eigenvalue weighted by Crippen LogP contribution is -2.40. The average Bonchev–Trinajstić information content (AvgIpc) is 2.47. The Balaban J connectivity index is 1.88. The van der Waals surface area contributed by atoms with Crippen LogP contribution in [-0.2, 0) is 6.54 Å². The van der Waals surface area contributed by atoms with E-state index in [4.69, 9.17) is 5.73 Å². The molecule has 0 aromatic heterocycles. The Morgan fingerprint density at radius 2 is 2.00 bits per heavy atom. The fourth-order valence-electron chi connectivity index (χ4n) is 2.78. The predicted octanol–water partition coefficient (Wildman–Crippen LogP) is 2.94. The number of carbonyl (C=O) groups excluding carboxylic acids is 1. The zero-order valence-electron chi connectivity index (χ0n) is 12.1. The highest BCUT2D eigenvalue weighted by Crippen LogP contribution is 2.28. The van der Waals surface area contributed by atoms with Gasteiger partial charge in [0.25, 0.3) is 0 Å². The van der Waals surface area contributed by atoms with Crippen molar-refractivity contribution in [1.82, 2.24) is 5.32 Å². The normalized spacial score (nSPS) is 22.6. The Bertz CT molecular complexity index is 431. The molecule has 0 heterocycles. The number of hydrogen-bond acceptors (Lipinski definition) is 3. The molecular formula is C16H24N2OS. The van der Waals surface area contributed by atoms with Crippen molar-refractivity contribution >= 4 is 17.7 Å². The Morgan fingerprint density at radius 1 is 1.30 bits per heavy atom. The molecule has 2 atom stereocenters. The molecule has 1 aliphatic rings. The molecule has 1 aromatic carbocycles. The Kier molecular flexibility index (Phi) is 5.92. The number of primary amides is 1. The van der Waals surface area contributed by atoms with Crippen LogP contribution in [-0.4, -0.2) is 23.0 Å². The molecule has 4 heteroatoms. The van der Waals surface area contributed by atoms with Crippen LogP contribution in [0.4, 0.5) is 0 Å². The molecule has 1 fully saturated rings. The third-order valence-electron chi connectivity index (χ3n) is 3.89. The van der Waals surface area contributed by atoms with Gasteiger partial charge in [-0.2, -0.15) is 11.8 Å². The third-order valence-corrected chi connectivity index (χ3v) is 5.22. The molecule has 0 saturated heterocycles. The molecule has 1 aliphatic carbocycles. The van der Waals surface area contributed by atoms with Gasteiger partial charge in [-0.1, -0.05) is 31.9 Å². The Hall–Kier alpha value is -1.00. The largest absolute Gasteiger partial charge is 0.366 e. The van der Waals surface area contributed by atoms with Crippen molar-refractivity contribution < 1.29 is 4.79 Å². The van der Waals surface area contributed by atoms with E-state index in [0.717, 1.165) is 11.8 Å². The van der Waals surface area contributed by atoms with Gasteiger partial charge in [0.1, 0.15) is 0 Å². The van der Waals surface area contributed by atoms with Crippen LogP contribution in [0.3, 0.4) is 0 Å². The zero-order valence-corrected chi connectivity index (χ0v) is 12.9. The van der Waals surface area contributed by atoms with Crippen molar-refractivity contribution in [1.29, 1.82) is 0 Å². The number of rotatable bonds is 6. The van der Waals surface area contributed by atoms with E-state index in [1.165, 1.54) is 37.0 Å². The molecule has 0 bridgehead atoms. The Labute approximate surface area is 125 Å². The summed E-state index contributed by atoms with van der Waals surface area (Å²) < 4.78 is 0. The first-order valence-electron chi connectivity index (χ1n) is 7.44. The molecule has 1 aromatic rings. The molecule has 3 N–H and O–H groups in total. The summed E-state index contributed by atoms with van der Waals surface area (Å²) in [5.74, 6) is 0.826. The summed E-state index contributed by atoms with van der Waals surface area (Å²) in [6.45, 7) is 3.10. The summed E-state index contributed by atoms with van der Waals surface area (Å²) in [5, 5.41) is 4.43. The molecule has 20 heavy (non-hydrogen) atoms. The first-order valence-corrected chi connectivity index (χ1v) is 8.49. The maximum Gasteiger partial charge on any atom is 0.248 e. The maximum atomic E-state index is 11.0. The number of thioether (sulfide) groups is 1. The van der Waals surface area contributed by atoms with Gasteiger partial charge in [-0.3, -0.25) is 4.79 Å². The fraction of sp³-hybridized carbons (Fsp3) is 0.562. The number of hydrogen-bond donors (Lipinski definition) is 2. The van der Waals surface area contributed by atoms with E-state index in [1.54, 1.807) is 12.1 Å². The first kappa shape index (κ1) is 15.4. The van der Waals surface area contributed by atoms with E-state index in [1.807, 2.05) is 12.1 Å². The van der Waals surface area contributed by atoms with Gasteiger partial charge in [-0.15, -0.1) is 0 Å². The minimum atomic E-state index is -0.365. The fourth-order valence-corrected chi connectivity index (χ4v) is 4.01. The molecule has 2 rings (SSSR count). The third kappa shape index (κ3) is 4.25. The summed E-state index contributed by atoms with van der Waals surface area (Å²) in [6, 6.07) is 8.19. The second-order valence-electron chi connectivity index (χ2n) is 5.33. The lowest BCUT2D eigenvalue weighted by atomic mass is 9.94. The summed E-state index contributed by atoms with van der Waals surface area (Å²) in [7, 11) is 0. The number of amides is 1. The Morgan fingerprint density at radius 3 is 2.65 bits per heavy atom. The molecular weight excluding hydrogens is 268 g/mol. The van der Waals surface area contributed by atoms with Crippen LogP contribution in [0.2, 0.25) is 0 Å². The van der Waals surface area contributed by atoms with E-state index in [0.29, 0.717) is 11.6 Å². The monoisotopic (exact) mass is 292 g/mol. The first-order chi connectivity index (χ1) is 9.70. The predicted molar refractivity (Wildman–Crippen MR) is 86.0 cm³/mol. The number of nitrogens with one attached hydrogen (secondary N) is 1. The van der Waals surface area contributed by atoms with Crippen molar-refractivity contribution in [3.8, 4) is 0 Å². The molecule has 0 radical (unpaired) electrons. The van der Waals surface area contributed by atoms with Crippen molar-refractivity contribution in [3.05, 3.63) is 35.4 Å². The summed E-state index contributed by atoms with van der Waals surface area (Å²) in [4.78, 5) is 11.0. The second kappa shape index (κ2) is 7.70. The highest BCUT2D eigenvalue weighted by Gasteiger charge is 2.24. The number of carbonyl (C=O) groups is 1. The van der Waals surface area contributed by atoms with Crippen LogP contribution in [0.1, 0.15) is 48.5 Å². The second-order valence-corrected chi connectivity index (χ2v) is 6.84. The molecule has 0 aliphatic heterocycles. The molecule has 3 nitrogen and oxygen atoms in total. The summed E-state index contributed by atoms with van der Waals surface area (Å²) in [5.41, 5.74) is 7.03. The van der Waals surface area contributed by atoms with Crippen LogP contribution in [0.5, 0.6) is 0 Å². The average molecular weight is 292 g/mol. The highest BCUT2D eigenvalue weighted by atomic mass is 32.2. The molecule has 110 valence electrons. The van der Waals surface area contributed by atoms with E-state index in [9.17, 15) is 4.79 Å². The topological polar surface area (TPSA) is 55.1 Å². The van der Waals surface area contributed by atoms with Gasteiger partial charge in [-0.25, -0.2) is 0 Å². The van der Waals surface area contributed by atoms with E-state index < -0.39 is 0 Å².